The normalized spacial score (nSPS) is 20.4. The lowest BCUT2D eigenvalue weighted by atomic mass is 9.82. The maximum atomic E-state index is 12.2. The summed E-state index contributed by atoms with van der Waals surface area (Å²) in [5, 5.41) is 16.4. The highest BCUT2D eigenvalue weighted by Gasteiger charge is 2.25. The Morgan fingerprint density at radius 1 is 1.17 bits per heavy atom. The third kappa shape index (κ3) is 8.17. The Morgan fingerprint density at radius 2 is 1.83 bits per heavy atom. The molecule has 0 bridgehead atoms. The average Bonchev–Trinajstić information content (AvgIpc) is 2.75. The monoisotopic (exact) mass is 415 g/mol. The molecule has 30 heavy (non-hydrogen) atoms. The summed E-state index contributed by atoms with van der Waals surface area (Å²) in [6.45, 7) is 6.94. The standard InChI is InChI=1S/C24H37N3O3/c1-4-18(3)22(7-5-6-19-10-8-17(2)9-11-19)26-27-24(30)25-16-20-12-14-21(15-13-20)23(28)29/h8-11,18,20-21H,4-7,12-16H2,1-3H3,(H,28,29)(H2,25,27,30)/b26-22+/t18-,20?,21?/m0/s1. The van der Waals surface area contributed by atoms with E-state index in [1.807, 2.05) is 0 Å². The lowest BCUT2D eigenvalue weighted by Crippen LogP contribution is -2.37. The van der Waals surface area contributed by atoms with Gasteiger partial charge in [-0.2, -0.15) is 5.10 Å². The molecule has 6 heteroatoms. The predicted octanol–water partition coefficient (Wildman–Crippen LogP) is 4.91. The summed E-state index contributed by atoms with van der Waals surface area (Å²) >= 11 is 0. The van der Waals surface area contributed by atoms with Gasteiger partial charge in [-0.05, 0) is 75.7 Å². The molecule has 2 amide bonds. The summed E-state index contributed by atoms with van der Waals surface area (Å²) in [5.41, 5.74) is 6.29. The van der Waals surface area contributed by atoms with Gasteiger partial charge in [-0.3, -0.25) is 4.79 Å². The van der Waals surface area contributed by atoms with Crippen molar-refractivity contribution in [2.45, 2.75) is 72.1 Å². The van der Waals surface area contributed by atoms with E-state index in [1.165, 1.54) is 11.1 Å². The van der Waals surface area contributed by atoms with Crippen LogP contribution in [0.5, 0.6) is 0 Å². The zero-order chi connectivity index (χ0) is 21.9. The van der Waals surface area contributed by atoms with Gasteiger partial charge < -0.3 is 10.4 Å². The molecular weight excluding hydrogens is 378 g/mol. The Bertz CT molecular complexity index is 707. The van der Waals surface area contributed by atoms with Gasteiger partial charge in [0.1, 0.15) is 0 Å². The van der Waals surface area contributed by atoms with Crippen LogP contribution in [0.3, 0.4) is 0 Å². The quantitative estimate of drug-likeness (QED) is 0.374. The topological polar surface area (TPSA) is 90.8 Å². The van der Waals surface area contributed by atoms with Crippen LogP contribution in [-0.4, -0.2) is 29.4 Å². The molecule has 3 N–H and O–H groups in total. The van der Waals surface area contributed by atoms with Gasteiger partial charge in [-0.25, -0.2) is 10.2 Å². The van der Waals surface area contributed by atoms with Crippen molar-refractivity contribution in [3.8, 4) is 0 Å². The van der Waals surface area contributed by atoms with E-state index >= 15 is 0 Å². The van der Waals surface area contributed by atoms with E-state index in [1.54, 1.807) is 0 Å². The minimum absolute atomic E-state index is 0.224. The van der Waals surface area contributed by atoms with Crippen LogP contribution in [0.15, 0.2) is 29.4 Å². The van der Waals surface area contributed by atoms with Crippen LogP contribution < -0.4 is 10.7 Å². The first-order valence-electron chi connectivity index (χ1n) is 11.3. The summed E-state index contributed by atoms with van der Waals surface area (Å²) in [6.07, 6.45) is 6.93. The average molecular weight is 416 g/mol. The maximum absolute atomic E-state index is 12.2. The van der Waals surface area contributed by atoms with Gasteiger partial charge in [-0.1, -0.05) is 43.7 Å². The summed E-state index contributed by atoms with van der Waals surface area (Å²) in [7, 11) is 0. The lowest BCUT2D eigenvalue weighted by Gasteiger charge is -2.26. The molecule has 2 rings (SSSR count). The first kappa shape index (κ1) is 23.9. The van der Waals surface area contributed by atoms with E-state index in [-0.39, 0.29) is 11.9 Å². The maximum Gasteiger partial charge on any atom is 0.335 e. The van der Waals surface area contributed by atoms with Crippen LogP contribution in [0.4, 0.5) is 4.79 Å². The van der Waals surface area contributed by atoms with Crippen molar-refractivity contribution in [1.82, 2.24) is 10.7 Å². The number of rotatable bonds is 10. The highest BCUT2D eigenvalue weighted by atomic mass is 16.4. The Balaban J connectivity index is 1.75. The smallest absolute Gasteiger partial charge is 0.335 e. The van der Waals surface area contributed by atoms with Crippen molar-refractivity contribution in [2.24, 2.45) is 22.9 Å². The van der Waals surface area contributed by atoms with Crippen LogP contribution in [0.2, 0.25) is 0 Å². The third-order valence-corrected chi connectivity index (χ3v) is 6.25. The molecule has 0 radical (unpaired) electrons. The number of hydrazone groups is 1. The van der Waals surface area contributed by atoms with Gasteiger partial charge in [0.15, 0.2) is 0 Å². The number of carboxylic acids is 1. The highest BCUT2D eigenvalue weighted by Crippen LogP contribution is 2.28. The van der Waals surface area contributed by atoms with E-state index in [0.29, 0.717) is 31.2 Å². The van der Waals surface area contributed by atoms with Crippen molar-refractivity contribution in [1.29, 1.82) is 0 Å². The number of aryl methyl sites for hydroxylation is 2. The molecule has 1 fully saturated rings. The number of carbonyl (C=O) groups is 2. The zero-order valence-electron chi connectivity index (χ0n) is 18.6. The molecule has 1 aromatic rings. The number of nitrogens with zero attached hydrogens (tertiary/aromatic N) is 1. The lowest BCUT2D eigenvalue weighted by molar-refractivity contribution is -0.143. The van der Waals surface area contributed by atoms with Crippen LogP contribution in [0.25, 0.3) is 0 Å². The Kier molecular flexibility index (Phi) is 9.84. The van der Waals surface area contributed by atoms with Gasteiger partial charge in [0, 0.05) is 12.3 Å². The first-order valence-corrected chi connectivity index (χ1v) is 11.3. The number of carboxylic acid groups (broad SMARTS) is 1. The third-order valence-electron chi connectivity index (χ3n) is 6.25. The number of carbonyl (C=O) groups excluding carboxylic acids is 1. The van der Waals surface area contributed by atoms with Crippen LogP contribution in [0.1, 0.15) is 69.9 Å². The molecule has 0 heterocycles. The SMILES string of the molecule is CC[C@H](C)/C(CCCc1ccc(C)cc1)=N/NC(=O)NCC1CCC(C(=O)O)CC1. The van der Waals surface area contributed by atoms with E-state index < -0.39 is 5.97 Å². The highest BCUT2D eigenvalue weighted by molar-refractivity contribution is 5.87. The fraction of sp³-hybridized carbons (Fsp3) is 0.625. The molecule has 1 saturated carbocycles. The van der Waals surface area contributed by atoms with Gasteiger partial charge in [-0.15, -0.1) is 0 Å². The molecule has 6 nitrogen and oxygen atoms in total. The van der Waals surface area contributed by atoms with Crippen molar-refractivity contribution in [3.05, 3.63) is 35.4 Å². The molecule has 0 unspecified atom stereocenters. The Morgan fingerprint density at radius 3 is 2.43 bits per heavy atom. The number of urea groups is 1. The minimum atomic E-state index is -0.701. The first-order chi connectivity index (χ1) is 14.4. The number of hydrogen-bond acceptors (Lipinski definition) is 3. The molecule has 1 aromatic carbocycles. The number of amides is 2. The van der Waals surface area contributed by atoms with Gasteiger partial charge in [0.2, 0.25) is 0 Å². The molecule has 0 saturated heterocycles. The molecule has 166 valence electrons. The van der Waals surface area contributed by atoms with Crippen molar-refractivity contribution < 1.29 is 14.7 Å². The number of hydrogen-bond donors (Lipinski definition) is 3. The fourth-order valence-corrected chi connectivity index (χ4v) is 3.89. The van der Waals surface area contributed by atoms with Crippen molar-refractivity contribution in [2.75, 3.05) is 6.54 Å². The van der Waals surface area contributed by atoms with E-state index in [4.69, 9.17) is 5.11 Å². The zero-order valence-corrected chi connectivity index (χ0v) is 18.6. The summed E-state index contributed by atoms with van der Waals surface area (Å²) in [6, 6.07) is 8.34. The number of nitrogens with one attached hydrogen (secondary N) is 2. The summed E-state index contributed by atoms with van der Waals surface area (Å²) < 4.78 is 0. The Hall–Kier alpha value is -2.37. The molecule has 0 aliphatic heterocycles. The van der Waals surface area contributed by atoms with Crippen molar-refractivity contribution >= 4 is 17.7 Å². The van der Waals surface area contributed by atoms with Crippen molar-refractivity contribution in [3.63, 3.8) is 0 Å². The van der Waals surface area contributed by atoms with E-state index in [9.17, 15) is 9.59 Å². The summed E-state index contributed by atoms with van der Waals surface area (Å²) in [4.78, 5) is 23.2. The minimum Gasteiger partial charge on any atom is -0.481 e. The number of aliphatic carboxylic acids is 1. The molecule has 0 aromatic heterocycles. The summed E-state index contributed by atoms with van der Waals surface area (Å²) in [5.74, 6) is -0.250. The second kappa shape index (κ2) is 12.4. The van der Waals surface area contributed by atoms with E-state index in [2.05, 4.69) is 60.9 Å². The molecular formula is C24H37N3O3. The van der Waals surface area contributed by atoms with Crippen LogP contribution >= 0.6 is 0 Å². The van der Waals surface area contributed by atoms with Crippen LogP contribution in [0, 0.1) is 24.7 Å². The van der Waals surface area contributed by atoms with Crippen LogP contribution in [-0.2, 0) is 11.2 Å². The molecule has 0 spiro atoms. The van der Waals surface area contributed by atoms with Gasteiger partial charge in [0.25, 0.3) is 0 Å². The second-order valence-corrected chi connectivity index (χ2v) is 8.63. The van der Waals surface area contributed by atoms with Gasteiger partial charge in [0.05, 0.1) is 5.92 Å². The largest absolute Gasteiger partial charge is 0.481 e. The fourth-order valence-electron chi connectivity index (χ4n) is 3.89. The molecule has 1 atom stereocenters. The second-order valence-electron chi connectivity index (χ2n) is 8.63. The van der Waals surface area contributed by atoms with E-state index in [0.717, 1.165) is 44.2 Å². The molecule has 1 aliphatic carbocycles. The number of benzene rings is 1. The molecule has 1 aliphatic rings. The predicted molar refractivity (Wildman–Crippen MR) is 121 cm³/mol. The van der Waals surface area contributed by atoms with Gasteiger partial charge >= 0.3 is 12.0 Å². The Labute approximate surface area is 180 Å².